The van der Waals surface area contributed by atoms with E-state index >= 15 is 0 Å². The maximum Gasteiger partial charge on any atom is 0.314 e. The number of aryl methyl sites for hydroxylation is 1. The lowest BCUT2D eigenvalue weighted by Crippen LogP contribution is -2.45. The second-order valence-corrected chi connectivity index (χ2v) is 5.47. The number of carboxylic acid groups (broad SMARTS) is 1. The van der Waals surface area contributed by atoms with E-state index in [0.29, 0.717) is 6.61 Å². The van der Waals surface area contributed by atoms with Crippen LogP contribution in [0.5, 0.6) is 0 Å². The zero-order chi connectivity index (χ0) is 13.9. The SMILES string of the molecule is COCCC(C)C1(C(=O)O)CCCc2ccccc21. The van der Waals surface area contributed by atoms with Crippen molar-refractivity contribution < 1.29 is 14.6 Å². The Labute approximate surface area is 114 Å². The number of rotatable bonds is 5. The summed E-state index contributed by atoms with van der Waals surface area (Å²) in [5.74, 6) is -0.616. The second kappa shape index (κ2) is 5.74. The summed E-state index contributed by atoms with van der Waals surface area (Å²) in [5, 5.41) is 9.86. The van der Waals surface area contributed by atoms with Gasteiger partial charge in [0.1, 0.15) is 0 Å². The fourth-order valence-electron chi connectivity index (χ4n) is 3.35. The zero-order valence-electron chi connectivity index (χ0n) is 11.7. The Bertz CT molecular complexity index is 455. The Morgan fingerprint density at radius 3 is 2.89 bits per heavy atom. The average Bonchev–Trinajstić information content (AvgIpc) is 2.43. The molecule has 0 heterocycles. The van der Waals surface area contributed by atoms with Crippen LogP contribution in [0.25, 0.3) is 0 Å². The van der Waals surface area contributed by atoms with E-state index in [-0.39, 0.29) is 5.92 Å². The molecule has 0 radical (unpaired) electrons. The third-order valence-corrected chi connectivity index (χ3v) is 4.49. The van der Waals surface area contributed by atoms with Gasteiger partial charge in [-0.3, -0.25) is 4.79 Å². The van der Waals surface area contributed by atoms with Gasteiger partial charge in [0, 0.05) is 13.7 Å². The van der Waals surface area contributed by atoms with Crippen LogP contribution in [-0.4, -0.2) is 24.8 Å². The van der Waals surface area contributed by atoms with E-state index in [1.807, 2.05) is 25.1 Å². The van der Waals surface area contributed by atoms with Crippen LogP contribution in [-0.2, 0) is 21.4 Å². The summed E-state index contributed by atoms with van der Waals surface area (Å²) in [6.07, 6.45) is 3.43. The molecule has 1 aliphatic rings. The van der Waals surface area contributed by atoms with Crippen LogP contribution in [0.1, 0.15) is 37.3 Å². The van der Waals surface area contributed by atoms with Crippen molar-refractivity contribution in [1.29, 1.82) is 0 Å². The molecule has 2 atom stereocenters. The molecule has 3 nitrogen and oxygen atoms in total. The maximum atomic E-state index is 12.0. The van der Waals surface area contributed by atoms with E-state index in [4.69, 9.17) is 4.74 Å². The first kappa shape index (κ1) is 14.1. The number of benzene rings is 1. The van der Waals surface area contributed by atoms with Crippen molar-refractivity contribution in [3.05, 3.63) is 35.4 Å². The highest BCUT2D eigenvalue weighted by molar-refractivity contribution is 5.82. The zero-order valence-corrected chi connectivity index (χ0v) is 11.7. The summed E-state index contributed by atoms with van der Waals surface area (Å²) < 4.78 is 5.12. The van der Waals surface area contributed by atoms with Crippen molar-refractivity contribution in [2.24, 2.45) is 5.92 Å². The van der Waals surface area contributed by atoms with E-state index in [2.05, 4.69) is 6.07 Å². The molecule has 2 unspecified atom stereocenters. The number of hydrogen-bond acceptors (Lipinski definition) is 2. The number of ether oxygens (including phenoxy) is 1. The third-order valence-electron chi connectivity index (χ3n) is 4.49. The maximum absolute atomic E-state index is 12.0. The number of hydrogen-bond donors (Lipinski definition) is 1. The Hall–Kier alpha value is -1.35. The van der Waals surface area contributed by atoms with Gasteiger partial charge < -0.3 is 9.84 Å². The predicted octanol–water partition coefficient (Wildman–Crippen LogP) is 3.02. The van der Waals surface area contributed by atoms with Crippen molar-refractivity contribution >= 4 is 5.97 Å². The predicted molar refractivity (Wildman–Crippen MR) is 74.4 cm³/mol. The van der Waals surface area contributed by atoms with Gasteiger partial charge in [0.15, 0.2) is 0 Å². The van der Waals surface area contributed by atoms with E-state index in [1.165, 1.54) is 5.56 Å². The summed E-state index contributed by atoms with van der Waals surface area (Å²) in [7, 11) is 1.66. The third kappa shape index (κ3) is 2.39. The lowest BCUT2D eigenvalue weighted by molar-refractivity contribution is -0.147. The largest absolute Gasteiger partial charge is 0.481 e. The molecule has 0 saturated carbocycles. The standard InChI is InChI=1S/C16H22O3/c1-12(9-11-19-2)16(15(17)18)10-5-7-13-6-3-4-8-14(13)16/h3-4,6,8,12H,5,7,9-11H2,1-2H3,(H,17,18). The van der Waals surface area contributed by atoms with Gasteiger partial charge in [-0.05, 0) is 42.7 Å². The van der Waals surface area contributed by atoms with Gasteiger partial charge in [-0.25, -0.2) is 0 Å². The molecule has 3 heteroatoms. The highest BCUT2D eigenvalue weighted by atomic mass is 16.5. The van der Waals surface area contributed by atoms with Crippen LogP contribution in [0.2, 0.25) is 0 Å². The van der Waals surface area contributed by atoms with Gasteiger partial charge in [0.25, 0.3) is 0 Å². The molecule has 0 saturated heterocycles. The second-order valence-electron chi connectivity index (χ2n) is 5.47. The fraction of sp³-hybridized carbons (Fsp3) is 0.562. The van der Waals surface area contributed by atoms with Crippen LogP contribution in [0.3, 0.4) is 0 Å². The van der Waals surface area contributed by atoms with Crippen molar-refractivity contribution in [2.45, 2.75) is 38.0 Å². The lowest BCUT2D eigenvalue weighted by atomic mass is 9.62. The Kier molecular flexibility index (Phi) is 4.25. The molecule has 1 aliphatic carbocycles. The molecule has 0 amide bonds. The summed E-state index contributed by atoms with van der Waals surface area (Å²) >= 11 is 0. The molecular formula is C16H22O3. The summed E-state index contributed by atoms with van der Waals surface area (Å²) in [5.41, 5.74) is 1.46. The van der Waals surface area contributed by atoms with Crippen molar-refractivity contribution in [3.63, 3.8) is 0 Å². The van der Waals surface area contributed by atoms with E-state index in [9.17, 15) is 9.90 Å². The van der Waals surface area contributed by atoms with Crippen LogP contribution in [0, 0.1) is 5.92 Å². The minimum atomic E-state index is -0.743. The Balaban J connectivity index is 2.43. The molecule has 1 aromatic rings. The number of fused-ring (bicyclic) bond motifs is 1. The quantitative estimate of drug-likeness (QED) is 0.887. The van der Waals surface area contributed by atoms with Crippen LogP contribution >= 0.6 is 0 Å². The first-order chi connectivity index (χ1) is 9.13. The van der Waals surface area contributed by atoms with Crippen molar-refractivity contribution in [3.8, 4) is 0 Å². The molecule has 1 aromatic carbocycles. The minimum Gasteiger partial charge on any atom is -0.481 e. The molecule has 0 bridgehead atoms. The van der Waals surface area contributed by atoms with Gasteiger partial charge in [0.2, 0.25) is 0 Å². The molecule has 0 aromatic heterocycles. The van der Waals surface area contributed by atoms with Gasteiger partial charge in [-0.15, -0.1) is 0 Å². The molecule has 2 rings (SSSR count). The molecule has 0 spiro atoms. The average molecular weight is 262 g/mol. The van der Waals surface area contributed by atoms with Crippen molar-refractivity contribution in [2.75, 3.05) is 13.7 Å². The monoisotopic (exact) mass is 262 g/mol. The van der Waals surface area contributed by atoms with Crippen LogP contribution in [0.4, 0.5) is 0 Å². The highest BCUT2D eigenvalue weighted by Gasteiger charge is 2.47. The molecule has 0 fully saturated rings. The lowest BCUT2D eigenvalue weighted by Gasteiger charge is -2.40. The number of carbonyl (C=O) groups is 1. The number of methoxy groups -OCH3 is 1. The van der Waals surface area contributed by atoms with Gasteiger partial charge in [-0.2, -0.15) is 0 Å². The number of carboxylic acids is 1. The van der Waals surface area contributed by atoms with E-state index in [1.54, 1.807) is 7.11 Å². The smallest absolute Gasteiger partial charge is 0.314 e. The Morgan fingerprint density at radius 1 is 1.47 bits per heavy atom. The molecule has 19 heavy (non-hydrogen) atoms. The van der Waals surface area contributed by atoms with Gasteiger partial charge in [-0.1, -0.05) is 31.2 Å². The van der Waals surface area contributed by atoms with Crippen LogP contribution in [0.15, 0.2) is 24.3 Å². The summed E-state index contributed by atoms with van der Waals surface area (Å²) in [4.78, 5) is 12.0. The summed E-state index contributed by atoms with van der Waals surface area (Å²) in [6, 6.07) is 8.00. The highest BCUT2D eigenvalue weighted by Crippen LogP contribution is 2.44. The van der Waals surface area contributed by atoms with E-state index in [0.717, 1.165) is 31.2 Å². The molecule has 1 N–H and O–H groups in total. The first-order valence-corrected chi connectivity index (χ1v) is 6.93. The topological polar surface area (TPSA) is 46.5 Å². The van der Waals surface area contributed by atoms with Gasteiger partial charge in [0.05, 0.1) is 5.41 Å². The number of aliphatic carboxylic acids is 1. The minimum absolute atomic E-state index is 0.0754. The fourth-order valence-corrected chi connectivity index (χ4v) is 3.35. The molecular weight excluding hydrogens is 240 g/mol. The van der Waals surface area contributed by atoms with E-state index < -0.39 is 11.4 Å². The molecule has 0 aliphatic heterocycles. The summed E-state index contributed by atoms with van der Waals surface area (Å²) in [6.45, 7) is 2.65. The van der Waals surface area contributed by atoms with Gasteiger partial charge >= 0.3 is 5.97 Å². The molecule has 104 valence electrons. The Morgan fingerprint density at radius 2 is 2.21 bits per heavy atom. The van der Waals surface area contributed by atoms with Crippen LogP contribution < -0.4 is 0 Å². The first-order valence-electron chi connectivity index (χ1n) is 6.93. The van der Waals surface area contributed by atoms with Crippen molar-refractivity contribution in [1.82, 2.24) is 0 Å². The normalized spacial score (nSPS) is 23.7.